The summed E-state index contributed by atoms with van der Waals surface area (Å²) in [7, 11) is 2.24. The third-order valence-electron chi connectivity index (χ3n) is 4.30. The molecule has 2 aliphatic rings. The van der Waals surface area contributed by atoms with Gasteiger partial charge in [0.05, 0.1) is 6.10 Å². The summed E-state index contributed by atoms with van der Waals surface area (Å²) in [5.41, 5.74) is 0. The molecule has 0 amide bonds. The first-order chi connectivity index (χ1) is 7.25. The van der Waals surface area contributed by atoms with Gasteiger partial charge in [-0.25, -0.2) is 0 Å². The molecule has 2 heteroatoms. The zero-order valence-electron chi connectivity index (χ0n) is 9.99. The van der Waals surface area contributed by atoms with Gasteiger partial charge in [-0.2, -0.15) is 0 Å². The maximum Gasteiger partial charge on any atom is 0.0568 e. The van der Waals surface area contributed by atoms with Crippen LogP contribution < -0.4 is 0 Å². The molecule has 0 bridgehead atoms. The maximum absolute atomic E-state index is 9.72. The third-order valence-corrected chi connectivity index (χ3v) is 4.30. The van der Waals surface area contributed by atoms with E-state index >= 15 is 0 Å². The predicted molar refractivity (Wildman–Crippen MR) is 62.8 cm³/mol. The third kappa shape index (κ3) is 3.18. The molecule has 2 aliphatic carbocycles. The number of hydrogen-bond acceptors (Lipinski definition) is 2. The van der Waals surface area contributed by atoms with Crippen molar-refractivity contribution in [1.82, 2.24) is 4.90 Å². The smallest absolute Gasteiger partial charge is 0.0568 e. The molecule has 0 aromatic heterocycles. The summed E-state index contributed by atoms with van der Waals surface area (Å²) < 4.78 is 0. The Balaban J connectivity index is 1.59. The summed E-state index contributed by atoms with van der Waals surface area (Å²) in [5.74, 6) is 1.57. The molecule has 0 aromatic carbocycles. The van der Waals surface area contributed by atoms with Gasteiger partial charge in [0.2, 0.25) is 0 Å². The fourth-order valence-corrected chi connectivity index (χ4v) is 2.95. The molecule has 0 radical (unpaired) electrons. The minimum absolute atomic E-state index is 0.00195. The summed E-state index contributed by atoms with van der Waals surface area (Å²) in [4.78, 5) is 2.47. The molecule has 15 heavy (non-hydrogen) atoms. The zero-order valence-corrected chi connectivity index (χ0v) is 9.99. The summed E-state index contributed by atoms with van der Waals surface area (Å²) >= 11 is 0. The Hall–Kier alpha value is -0.0800. The Morgan fingerprint density at radius 1 is 1.13 bits per heavy atom. The molecule has 2 saturated carbocycles. The van der Waals surface area contributed by atoms with Gasteiger partial charge in [-0.05, 0) is 57.5 Å². The second-order valence-corrected chi connectivity index (χ2v) is 5.61. The molecule has 0 aromatic rings. The van der Waals surface area contributed by atoms with Gasteiger partial charge in [-0.15, -0.1) is 0 Å². The molecule has 88 valence electrons. The Morgan fingerprint density at radius 2 is 1.87 bits per heavy atom. The van der Waals surface area contributed by atoms with Gasteiger partial charge in [0.1, 0.15) is 0 Å². The first-order valence-electron chi connectivity index (χ1n) is 6.62. The van der Waals surface area contributed by atoms with Crippen LogP contribution in [0.25, 0.3) is 0 Å². The van der Waals surface area contributed by atoms with Gasteiger partial charge in [0, 0.05) is 6.54 Å². The highest BCUT2D eigenvalue weighted by Crippen LogP contribution is 2.29. The summed E-state index contributed by atoms with van der Waals surface area (Å²) in [5, 5.41) is 9.72. The molecular weight excluding hydrogens is 186 g/mol. The Morgan fingerprint density at radius 3 is 2.40 bits per heavy atom. The Kier molecular flexibility index (Phi) is 4.04. The van der Waals surface area contributed by atoms with Gasteiger partial charge in [0.25, 0.3) is 0 Å². The van der Waals surface area contributed by atoms with Crippen LogP contribution in [0.4, 0.5) is 0 Å². The van der Waals surface area contributed by atoms with Crippen molar-refractivity contribution in [2.24, 2.45) is 11.8 Å². The quantitative estimate of drug-likeness (QED) is 0.754. The number of aliphatic hydroxyl groups is 1. The molecule has 2 atom stereocenters. The molecule has 2 nitrogen and oxygen atoms in total. The highest BCUT2D eigenvalue weighted by molar-refractivity contribution is 4.78. The SMILES string of the molecule is CN(CCC1CCCC1O)CC1CCC1. The topological polar surface area (TPSA) is 23.5 Å². The number of hydrogen-bond donors (Lipinski definition) is 1. The fraction of sp³-hybridized carbons (Fsp3) is 1.00. The number of nitrogens with zero attached hydrogens (tertiary/aromatic N) is 1. The minimum Gasteiger partial charge on any atom is -0.393 e. The van der Waals surface area contributed by atoms with Crippen molar-refractivity contribution in [3.8, 4) is 0 Å². The van der Waals surface area contributed by atoms with Gasteiger partial charge >= 0.3 is 0 Å². The fourth-order valence-electron chi connectivity index (χ4n) is 2.95. The van der Waals surface area contributed by atoms with Crippen LogP contribution in [-0.4, -0.2) is 36.2 Å². The van der Waals surface area contributed by atoms with E-state index in [0.29, 0.717) is 5.92 Å². The Bertz CT molecular complexity index is 191. The molecule has 0 heterocycles. The van der Waals surface area contributed by atoms with E-state index in [0.717, 1.165) is 12.3 Å². The van der Waals surface area contributed by atoms with Crippen LogP contribution in [0.1, 0.15) is 44.9 Å². The first-order valence-corrected chi connectivity index (χ1v) is 6.62. The lowest BCUT2D eigenvalue weighted by Gasteiger charge is -2.30. The maximum atomic E-state index is 9.72. The van der Waals surface area contributed by atoms with Crippen molar-refractivity contribution in [2.45, 2.75) is 51.0 Å². The largest absolute Gasteiger partial charge is 0.393 e. The van der Waals surface area contributed by atoms with Crippen LogP contribution in [0.3, 0.4) is 0 Å². The molecule has 2 rings (SSSR count). The van der Waals surface area contributed by atoms with E-state index in [4.69, 9.17) is 0 Å². The van der Waals surface area contributed by atoms with E-state index in [9.17, 15) is 5.11 Å². The lowest BCUT2D eigenvalue weighted by atomic mass is 9.85. The minimum atomic E-state index is 0.00195. The van der Waals surface area contributed by atoms with Crippen molar-refractivity contribution >= 4 is 0 Å². The predicted octanol–water partition coefficient (Wildman–Crippen LogP) is 2.27. The van der Waals surface area contributed by atoms with E-state index in [1.165, 1.54) is 51.6 Å². The first kappa shape index (κ1) is 11.4. The molecule has 1 N–H and O–H groups in total. The molecule has 2 unspecified atom stereocenters. The number of aliphatic hydroxyl groups excluding tert-OH is 1. The summed E-state index contributed by atoms with van der Waals surface area (Å²) in [6, 6.07) is 0. The van der Waals surface area contributed by atoms with Gasteiger partial charge in [0.15, 0.2) is 0 Å². The van der Waals surface area contributed by atoms with Crippen LogP contribution in [-0.2, 0) is 0 Å². The highest BCUT2D eigenvalue weighted by atomic mass is 16.3. The summed E-state index contributed by atoms with van der Waals surface area (Å²) in [6.07, 6.45) is 9.05. The van der Waals surface area contributed by atoms with Gasteiger partial charge in [-0.3, -0.25) is 0 Å². The molecule has 0 aliphatic heterocycles. The van der Waals surface area contributed by atoms with E-state index in [1.54, 1.807) is 0 Å². The highest BCUT2D eigenvalue weighted by Gasteiger charge is 2.25. The normalized spacial score (nSPS) is 32.2. The average Bonchev–Trinajstić information content (AvgIpc) is 2.55. The van der Waals surface area contributed by atoms with Crippen molar-refractivity contribution in [3.63, 3.8) is 0 Å². The van der Waals surface area contributed by atoms with Crippen molar-refractivity contribution in [1.29, 1.82) is 0 Å². The van der Waals surface area contributed by atoms with Crippen LogP contribution >= 0.6 is 0 Å². The van der Waals surface area contributed by atoms with Crippen LogP contribution in [0, 0.1) is 11.8 Å². The van der Waals surface area contributed by atoms with E-state index in [-0.39, 0.29) is 6.10 Å². The second kappa shape index (κ2) is 5.31. The van der Waals surface area contributed by atoms with E-state index in [2.05, 4.69) is 11.9 Å². The van der Waals surface area contributed by atoms with Crippen molar-refractivity contribution < 1.29 is 5.11 Å². The van der Waals surface area contributed by atoms with Crippen LogP contribution in [0.15, 0.2) is 0 Å². The lowest BCUT2D eigenvalue weighted by molar-refractivity contribution is 0.116. The standard InChI is InChI=1S/C13H25NO/c1-14(10-11-4-2-5-11)9-8-12-6-3-7-13(12)15/h11-13,15H,2-10H2,1H3. The van der Waals surface area contributed by atoms with Gasteiger partial charge < -0.3 is 10.0 Å². The van der Waals surface area contributed by atoms with Crippen molar-refractivity contribution in [3.05, 3.63) is 0 Å². The monoisotopic (exact) mass is 211 g/mol. The molecule has 0 spiro atoms. The van der Waals surface area contributed by atoms with Crippen LogP contribution in [0.2, 0.25) is 0 Å². The lowest BCUT2D eigenvalue weighted by Crippen LogP contribution is -2.31. The van der Waals surface area contributed by atoms with Crippen molar-refractivity contribution in [2.75, 3.05) is 20.1 Å². The van der Waals surface area contributed by atoms with Gasteiger partial charge in [-0.1, -0.05) is 12.8 Å². The Labute approximate surface area is 93.7 Å². The molecule has 2 fully saturated rings. The zero-order chi connectivity index (χ0) is 10.7. The van der Waals surface area contributed by atoms with Crippen LogP contribution in [0.5, 0.6) is 0 Å². The van der Waals surface area contributed by atoms with E-state index in [1.807, 2.05) is 0 Å². The summed E-state index contributed by atoms with van der Waals surface area (Å²) in [6.45, 7) is 2.46. The second-order valence-electron chi connectivity index (χ2n) is 5.61. The number of rotatable bonds is 5. The molecular formula is C13H25NO. The van der Waals surface area contributed by atoms with E-state index < -0.39 is 0 Å². The average molecular weight is 211 g/mol. The molecule has 0 saturated heterocycles.